The fourth-order valence-electron chi connectivity index (χ4n) is 3.48. The number of fused-ring (bicyclic) bond motifs is 1. The second kappa shape index (κ2) is 7.13. The van der Waals surface area contributed by atoms with Crippen LogP contribution in [0.15, 0.2) is 36.4 Å². The van der Waals surface area contributed by atoms with Crippen molar-refractivity contribution in [2.45, 2.75) is 38.1 Å². The number of carbonyl (C=O) groups is 2. The van der Waals surface area contributed by atoms with E-state index in [9.17, 15) is 14.7 Å². The molecule has 0 saturated carbocycles. The second-order valence-corrected chi connectivity index (χ2v) is 6.58. The molecule has 1 aliphatic rings. The second-order valence-electron chi connectivity index (χ2n) is 6.58. The van der Waals surface area contributed by atoms with Gasteiger partial charge in [0.15, 0.2) is 0 Å². The number of carboxylic acids is 1. The summed E-state index contributed by atoms with van der Waals surface area (Å²) < 4.78 is 5.24. The number of amides is 1. The molecule has 1 saturated heterocycles. The zero-order chi connectivity index (χ0) is 18.0. The van der Waals surface area contributed by atoms with Crippen molar-refractivity contribution in [1.82, 2.24) is 4.90 Å². The van der Waals surface area contributed by atoms with Crippen LogP contribution in [0.1, 0.15) is 37.7 Å². The van der Waals surface area contributed by atoms with Gasteiger partial charge in [0, 0.05) is 6.54 Å². The fourth-order valence-corrected chi connectivity index (χ4v) is 3.48. The van der Waals surface area contributed by atoms with E-state index in [-0.39, 0.29) is 11.8 Å². The third-order valence-corrected chi connectivity index (χ3v) is 5.01. The van der Waals surface area contributed by atoms with Crippen molar-refractivity contribution in [3.63, 3.8) is 0 Å². The number of benzene rings is 2. The van der Waals surface area contributed by atoms with E-state index in [0.717, 1.165) is 34.9 Å². The Balaban J connectivity index is 1.86. The van der Waals surface area contributed by atoms with Crippen LogP contribution in [0.5, 0.6) is 5.75 Å². The number of carbonyl (C=O) groups excluding carboxylic acids is 1. The molecule has 2 atom stereocenters. The summed E-state index contributed by atoms with van der Waals surface area (Å²) in [6.07, 6.45) is 2.25. The van der Waals surface area contributed by atoms with Crippen LogP contribution < -0.4 is 4.74 Å². The maximum absolute atomic E-state index is 12.9. The minimum Gasteiger partial charge on any atom is -0.497 e. The topological polar surface area (TPSA) is 66.8 Å². The van der Waals surface area contributed by atoms with Crippen molar-refractivity contribution >= 4 is 22.6 Å². The highest BCUT2D eigenvalue weighted by Gasteiger charge is 2.34. The molecule has 1 fully saturated rings. The molecule has 3 rings (SSSR count). The first-order valence-electron chi connectivity index (χ1n) is 8.62. The molecule has 1 aliphatic heterocycles. The lowest BCUT2D eigenvalue weighted by molar-refractivity contribution is -0.152. The maximum Gasteiger partial charge on any atom is 0.326 e. The summed E-state index contributed by atoms with van der Waals surface area (Å²) in [6.45, 7) is 2.37. The van der Waals surface area contributed by atoms with Gasteiger partial charge in [-0.1, -0.05) is 24.3 Å². The average Bonchev–Trinajstić information content (AvgIpc) is 2.65. The molecule has 0 aliphatic carbocycles. The van der Waals surface area contributed by atoms with Crippen molar-refractivity contribution in [1.29, 1.82) is 0 Å². The molecule has 0 bridgehead atoms. The van der Waals surface area contributed by atoms with Crippen molar-refractivity contribution in [2.75, 3.05) is 13.7 Å². The lowest BCUT2D eigenvalue weighted by Crippen LogP contribution is -2.49. The summed E-state index contributed by atoms with van der Waals surface area (Å²) in [5.74, 6) is -0.598. The number of aliphatic carboxylic acids is 1. The van der Waals surface area contributed by atoms with Crippen LogP contribution in [0.4, 0.5) is 0 Å². The van der Waals surface area contributed by atoms with Crippen molar-refractivity contribution in [3.8, 4) is 5.75 Å². The van der Waals surface area contributed by atoms with Gasteiger partial charge in [0.05, 0.1) is 13.0 Å². The lowest BCUT2D eigenvalue weighted by Gasteiger charge is -2.34. The molecule has 2 aromatic rings. The number of carboxylic acid groups (broad SMARTS) is 1. The van der Waals surface area contributed by atoms with E-state index in [0.29, 0.717) is 13.0 Å². The van der Waals surface area contributed by atoms with E-state index >= 15 is 0 Å². The summed E-state index contributed by atoms with van der Waals surface area (Å²) in [5.41, 5.74) is 0.900. The monoisotopic (exact) mass is 341 g/mol. The van der Waals surface area contributed by atoms with Gasteiger partial charge in [-0.15, -0.1) is 0 Å². The quantitative estimate of drug-likeness (QED) is 0.925. The SMILES string of the molecule is COc1ccc2cc([C@H](C)C(=O)N3CCCCC3C(=O)O)ccc2c1. The first-order chi connectivity index (χ1) is 12.0. The van der Waals surface area contributed by atoms with Crippen molar-refractivity contribution in [2.24, 2.45) is 0 Å². The normalized spacial score (nSPS) is 18.8. The fraction of sp³-hybridized carbons (Fsp3) is 0.400. The molecule has 1 amide bonds. The number of hydrogen-bond acceptors (Lipinski definition) is 3. The molecule has 5 heteroatoms. The number of nitrogens with zero attached hydrogens (tertiary/aromatic N) is 1. The Morgan fingerprint density at radius 2 is 1.88 bits per heavy atom. The number of ether oxygens (including phenoxy) is 1. The molecular formula is C20H23NO4. The minimum absolute atomic E-state index is 0.111. The predicted octanol–water partition coefficient (Wildman–Crippen LogP) is 3.42. The standard InChI is InChI=1S/C20H23NO4/c1-13(19(22)21-10-4-3-5-18(21)20(23)24)14-6-7-16-12-17(25-2)9-8-15(16)11-14/h6-9,11-13,18H,3-5,10H2,1-2H3,(H,23,24)/t13-,18?/m0/s1. The molecule has 5 nitrogen and oxygen atoms in total. The Bertz CT molecular complexity index is 801. The first kappa shape index (κ1) is 17.3. The largest absolute Gasteiger partial charge is 0.497 e. The number of methoxy groups -OCH3 is 1. The third-order valence-electron chi connectivity index (χ3n) is 5.01. The van der Waals surface area contributed by atoms with Crippen LogP contribution in [0.25, 0.3) is 10.8 Å². The molecule has 2 aromatic carbocycles. The number of hydrogen-bond donors (Lipinski definition) is 1. The Morgan fingerprint density at radius 1 is 1.16 bits per heavy atom. The van der Waals surface area contributed by atoms with Crippen LogP contribution >= 0.6 is 0 Å². The molecule has 1 unspecified atom stereocenters. The van der Waals surface area contributed by atoms with E-state index in [1.54, 1.807) is 7.11 Å². The van der Waals surface area contributed by atoms with Crippen LogP contribution in [0.2, 0.25) is 0 Å². The van der Waals surface area contributed by atoms with Crippen molar-refractivity contribution in [3.05, 3.63) is 42.0 Å². The van der Waals surface area contributed by atoms with Gasteiger partial charge in [0.2, 0.25) is 5.91 Å². The summed E-state index contributed by atoms with van der Waals surface area (Å²) in [4.78, 5) is 25.9. The highest BCUT2D eigenvalue weighted by molar-refractivity contribution is 5.90. The Morgan fingerprint density at radius 3 is 2.60 bits per heavy atom. The van der Waals surface area contributed by atoms with E-state index < -0.39 is 12.0 Å². The van der Waals surface area contributed by atoms with E-state index in [2.05, 4.69) is 0 Å². The summed E-state index contributed by atoms with van der Waals surface area (Å²) in [7, 11) is 1.63. The average molecular weight is 341 g/mol. The van der Waals surface area contributed by atoms with Gasteiger partial charge in [-0.2, -0.15) is 0 Å². The van der Waals surface area contributed by atoms with Gasteiger partial charge < -0.3 is 14.7 Å². The molecule has 132 valence electrons. The molecule has 0 aromatic heterocycles. The van der Waals surface area contributed by atoms with Gasteiger partial charge in [0.25, 0.3) is 0 Å². The zero-order valence-corrected chi connectivity index (χ0v) is 14.6. The molecule has 1 N–H and O–H groups in total. The third kappa shape index (κ3) is 3.45. The van der Waals surface area contributed by atoms with Gasteiger partial charge in [-0.05, 0) is 54.7 Å². The van der Waals surface area contributed by atoms with Gasteiger partial charge in [0.1, 0.15) is 11.8 Å². The minimum atomic E-state index is -0.911. The van der Waals surface area contributed by atoms with Crippen LogP contribution in [0, 0.1) is 0 Å². The predicted molar refractivity (Wildman–Crippen MR) is 95.9 cm³/mol. The van der Waals surface area contributed by atoms with E-state index in [4.69, 9.17) is 4.74 Å². The smallest absolute Gasteiger partial charge is 0.326 e. The highest BCUT2D eigenvalue weighted by Crippen LogP contribution is 2.28. The molecule has 0 spiro atoms. The van der Waals surface area contributed by atoms with Crippen molar-refractivity contribution < 1.29 is 19.4 Å². The summed E-state index contributed by atoms with van der Waals surface area (Å²) in [5, 5.41) is 11.5. The van der Waals surface area contributed by atoms with Gasteiger partial charge >= 0.3 is 5.97 Å². The van der Waals surface area contributed by atoms with Crippen LogP contribution in [0.3, 0.4) is 0 Å². The lowest BCUT2D eigenvalue weighted by atomic mass is 9.94. The van der Waals surface area contributed by atoms with E-state index in [1.165, 1.54) is 4.90 Å². The Labute approximate surface area is 147 Å². The van der Waals surface area contributed by atoms with E-state index in [1.807, 2.05) is 43.3 Å². The zero-order valence-electron chi connectivity index (χ0n) is 14.6. The number of piperidine rings is 1. The molecule has 0 radical (unpaired) electrons. The first-order valence-corrected chi connectivity index (χ1v) is 8.62. The Kier molecular flexibility index (Phi) is 4.93. The van der Waals surface area contributed by atoms with Gasteiger partial charge in [-0.25, -0.2) is 4.79 Å². The van der Waals surface area contributed by atoms with Crippen LogP contribution in [-0.4, -0.2) is 41.6 Å². The van der Waals surface area contributed by atoms with Gasteiger partial charge in [-0.3, -0.25) is 4.79 Å². The summed E-state index contributed by atoms with van der Waals surface area (Å²) >= 11 is 0. The summed E-state index contributed by atoms with van der Waals surface area (Å²) in [6, 6.07) is 11.0. The molecule has 25 heavy (non-hydrogen) atoms. The number of likely N-dealkylation sites (tertiary alicyclic amines) is 1. The Hall–Kier alpha value is -2.56. The maximum atomic E-state index is 12.9. The highest BCUT2D eigenvalue weighted by atomic mass is 16.5. The molecular weight excluding hydrogens is 318 g/mol. The molecule has 1 heterocycles. The number of rotatable bonds is 4. The van der Waals surface area contributed by atoms with Crippen LogP contribution in [-0.2, 0) is 9.59 Å².